The predicted octanol–water partition coefficient (Wildman–Crippen LogP) is 5.56. The maximum atomic E-state index is 14.0. The molecule has 1 aromatic heterocycles. The number of hydrogen-bond donors (Lipinski definition) is 0. The van der Waals surface area contributed by atoms with E-state index >= 15 is 0 Å². The number of aromatic nitrogens is 1. The number of thiazole rings is 1. The van der Waals surface area contributed by atoms with Gasteiger partial charge in [-0.3, -0.25) is 9.36 Å². The van der Waals surface area contributed by atoms with Crippen LogP contribution in [0.3, 0.4) is 0 Å². The first-order valence-electron chi connectivity index (χ1n) is 14.3. The van der Waals surface area contributed by atoms with Crippen molar-refractivity contribution >= 4 is 29.1 Å². The Balaban J connectivity index is 1.25. The first kappa shape index (κ1) is 27.6. The molecule has 7 rings (SSSR count). The summed E-state index contributed by atoms with van der Waals surface area (Å²) in [6, 6.07) is 29.9. The fraction of sp³-hybridized carbons (Fsp3) is 0.139. The number of methoxy groups -OCH3 is 2. The quantitative estimate of drug-likeness (QED) is 0.189. The fourth-order valence-corrected chi connectivity index (χ4v) is 6.79. The first-order valence-corrected chi connectivity index (χ1v) is 15.1. The van der Waals surface area contributed by atoms with Crippen molar-refractivity contribution in [3.05, 3.63) is 150 Å². The summed E-state index contributed by atoms with van der Waals surface area (Å²) in [5.41, 5.74) is 6.68. The molecule has 0 fully saturated rings. The summed E-state index contributed by atoms with van der Waals surface area (Å²) in [6.07, 6.45) is 3.59. The van der Waals surface area contributed by atoms with Crippen LogP contribution in [0, 0.1) is 0 Å². The Labute approximate surface area is 257 Å². The number of aryl methyl sites for hydroxylation is 1. The molecule has 0 saturated carbocycles. The van der Waals surface area contributed by atoms with Gasteiger partial charge in [0.2, 0.25) is 0 Å². The number of carbonyl (C=O) groups excluding carboxylic acids is 1. The van der Waals surface area contributed by atoms with Crippen LogP contribution in [0.15, 0.2) is 112 Å². The van der Waals surface area contributed by atoms with Crippen LogP contribution in [0.25, 0.3) is 11.8 Å². The lowest BCUT2D eigenvalue weighted by Crippen LogP contribution is -2.38. The lowest BCUT2D eigenvalue weighted by atomic mass is 9.83. The number of nitrogens with zero attached hydrogens (tertiary/aromatic N) is 2. The first-order chi connectivity index (χ1) is 21.5. The van der Waals surface area contributed by atoms with Crippen LogP contribution < -0.4 is 29.1 Å². The SMILES string of the molecule is COc1ccc(C(=O)Oc2ccc(/C=c3\sc4n(c3=O)[C@@H](c3ccc(OC)cc3)C3=C(N=4)c4ccccc4CC3)cc2)cc1. The number of ether oxygens (including phenoxy) is 3. The van der Waals surface area contributed by atoms with Gasteiger partial charge in [-0.05, 0) is 89.7 Å². The number of esters is 1. The molecule has 0 unspecified atom stereocenters. The summed E-state index contributed by atoms with van der Waals surface area (Å²) in [6.45, 7) is 0. The second kappa shape index (κ2) is 11.5. The average Bonchev–Trinajstić information content (AvgIpc) is 3.38. The zero-order valence-electron chi connectivity index (χ0n) is 24.2. The van der Waals surface area contributed by atoms with E-state index in [4.69, 9.17) is 19.2 Å². The van der Waals surface area contributed by atoms with Crippen molar-refractivity contribution in [3.8, 4) is 17.2 Å². The van der Waals surface area contributed by atoms with Gasteiger partial charge < -0.3 is 14.2 Å². The Bertz CT molecular complexity index is 2090. The zero-order valence-corrected chi connectivity index (χ0v) is 25.0. The molecule has 0 amide bonds. The van der Waals surface area contributed by atoms with E-state index in [1.165, 1.54) is 16.9 Å². The van der Waals surface area contributed by atoms with Crippen molar-refractivity contribution in [2.75, 3.05) is 14.2 Å². The largest absolute Gasteiger partial charge is 0.497 e. The molecule has 0 radical (unpaired) electrons. The van der Waals surface area contributed by atoms with E-state index in [0.29, 0.717) is 26.4 Å². The van der Waals surface area contributed by atoms with Gasteiger partial charge in [-0.15, -0.1) is 0 Å². The van der Waals surface area contributed by atoms with Gasteiger partial charge in [0.05, 0.1) is 36.1 Å². The molecule has 2 heterocycles. The van der Waals surface area contributed by atoms with Crippen molar-refractivity contribution in [3.63, 3.8) is 0 Å². The molecule has 8 heteroatoms. The Kier molecular flexibility index (Phi) is 7.20. The molecule has 0 spiro atoms. The highest BCUT2D eigenvalue weighted by atomic mass is 32.1. The number of fused-ring (bicyclic) bond motifs is 3. The molecule has 2 aliphatic rings. The van der Waals surface area contributed by atoms with Gasteiger partial charge in [-0.25, -0.2) is 9.79 Å². The number of rotatable bonds is 6. The molecule has 1 atom stereocenters. The fourth-order valence-electron chi connectivity index (χ4n) is 5.79. The van der Waals surface area contributed by atoms with Crippen molar-refractivity contribution in [2.45, 2.75) is 18.9 Å². The molecule has 0 N–H and O–H groups in total. The summed E-state index contributed by atoms with van der Waals surface area (Å²) < 4.78 is 18.5. The Hall–Kier alpha value is -5.21. The van der Waals surface area contributed by atoms with E-state index in [-0.39, 0.29) is 11.6 Å². The number of benzene rings is 4. The zero-order chi connectivity index (χ0) is 30.2. The number of allylic oxidation sites excluding steroid dienone is 1. The Morgan fingerprint density at radius 1 is 0.841 bits per heavy atom. The van der Waals surface area contributed by atoms with Crippen LogP contribution in [-0.2, 0) is 6.42 Å². The van der Waals surface area contributed by atoms with E-state index in [2.05, 4.69) is 18.2 Å². The van der Waals surface area contributed by atoms with Gasteiger partial charge in [0.25, 0.3) is 5.56 Å². The lowest BCUT2D eigenvalue weighted by molar-refractivity contribution is 0.0734. The standard InChI is InChI=1S/C36H28N2O5S/c1-41-26-16-9-24(10-17-26)33-30-20-13-23-5-3-4-6-29(23)32(30)37-36-38(33)34(39)31(44-36)21-22-7-14-28(15-8-22)43-35(40)25-11-18-27(42-2)19-12-25/h3-12,14-19,21,33H,13,20H2,1-2H3/b31-21-/t33-/m0/s1. The van der Waals surface area contributed by atoms with Gasteiger partial charge in [-0.1, -0.05) is 59.9 Å². The highest BCUT2D eigenvalue weighted by molar-refractivity contribution is 7.07. The third kappa shape index (κ3) is 5.03. The van der Waals surface area contributed by atoms with Gasteiger partial charge in [0.15, 0.2) is 4.80 Å². The molecule has 1 aliphatic carbocycles. The van der Waals surface area contributed by atoms with Crippen molar-refractivity contribution < 1.29 is 19.0 Å². The summed E-state index contributed by atoms with van der Waals surface area (Å²) in [5.74, 6) is 1.38. The van der Waals surface area contributed by atoms with Crippen LogP contribution in [0.4, 0.5) is 0 Å². The molecule has 0 bridgehead atoms. The molecule has 7 nitrogen and oxygen atoms in total. The summed E-state index contributed by atoms with van der Waals surface area (Å²) in [7, 11) is 3.22. The Morgan fingerprint density at radius 3 is 2.20 bits per heavy atom. The number of carbonyl (C=O) groups is 1. The molecular formula is C36H28N2O5S. The van der Waals surface area contributed by atoms with E-state index in [0.717, 1.165) is 46.6 Å². The predicted molar refractivity (Wildman–Crippen MR) is 170 cm³/mol. The lowest BCUT2D eigenvalue weighted by Gasteiger charge is -2.30. The second-order valence-electron chi connectivity index (χ2n) is 10.6. The monoisotopic (exact) mass is 600 g/mol. The Morgan fingerprint density at radius 2 is 1.50 bits per heavy atom. The van der Waals surface area contributed by atoms with Gasteiger partial charge in [-0.2, -0.15) is 0 Å². The summed E-state index contributed by atoms with van der Waals surface area (Å²) in [5, 5.41) is 0. The molecular weight excluding hydrogens is 572 g/mol. The normalized spacial score (nSPS) is 15.5. The smallest absolute Gasteiger partial charge is 0.343 e. The third-order valence-corrected chi connectivity index (χ3v) is 9.00. The number of hydrogen-bond acceptors (Lipinski definition) is 7. The molecule has 5 aromatic rings. The third-order valence-electron chi connectivity index (χ3n) is 8.02. The summed E-state index contributed by atoms with van der Waals surface area (Å²) >= 11 is 1.38. The minimum absolute atomic E-state index is 0.0880. The molecule has 1 aliphatic heterocycles. The van der Waals surface area contributed by atoms with Gasteiger partial charge >= 0.3 is 5.97 Å². The van der Waals surface area contributed by atoms with Crippen LogP contribution in [-0.4, -0.2) is 24.8 Å². The second-order valence-corrected chi connectivity index (χ2v) is 11.6. The van der Waals surface area contributed by atoms with Crippen LogP contribution in [0.5, 0.6) is 17.2 Å². The van der Waals surface area contributed by atoms with E-state index < -0.39 is 5.97 Å². The topological polar surface area (TPSA) is 79.1 Å². The van der Waals surface area contributed by atoms with Crippen LogP contribution in [0.2, 0.25) is 0 Å². The molecule has 44 heavy (non-hydrogen) atoms. The van der Waals surface area contributed by atoms with Crippen LogP contribution in [0.1, 0.15) is 45.1 Å². The molecule has 218 valence electrons. The highest BCUT2D eigenvalue weighted by Crippen LogP contribution is 2.41. The minimum atomic E-state index is -0.460. The van der Waals surface area contributed by atoms with Crippen molar-refractivity contribution in [2.24, 2.45) is 4.99 Å². The summed E-state index contributed by atoms with van der Waals surface area (Å²) in [4.78, 5) is 32.3. The minimum Gasteiger partial charge on any atom is -0.497 e. The van der Waals surface area contributed by atoms with Crippen molar-refractivity contribution in [1.29, 1.82) is 0 Å². The highest BCUT2D eigenvalue weighted by Gasteiger charge is 2.32. The van der Waals surface area contributed by atoms with Crippen molar-refractivity contribution in [1.82, 2.24) is 4.57 Å². The maximum absolute atomic E-state index is 14.0. The van der Waals surface area contributed by atoms with Gasteiger partial charge in [0.1, 0.15) is 17.2 Å². The van der Waals surface area contributed by atoms with E-state index in [1.54, 1.807) is 50.6 Å². The van der Waals surface area contributed by atoms with Gasteiger partial charge in [0, 0.05) is 5.56 Å². The van der Waals surface area contributed by atoms with E-state index in [1.807, 2.05) is 53.1 Å². The van der Waals surface area contributed by atoms with E-state index in [9.17, 15) is 9.59 Å². The van der Waals surface area contributed by atoms with Crippen LogP contribution >= 0.6 is 11.3 Å². The average molecular weight is 601 g/mol. The maximum Gasteiger partial charge on any atom is 0.343 e. The molecule has 0 saturated heterocycles. The molecule has 4 aromatic carbocycles.